The predicted octanol–water partition coefficient (Wildman–Crippen LogP) is 7.74. The summed E-state index contributed by atoms with van der Waals surface area (Å²) in [5.74, 6) is 1.90. The van der Waals surface area contributed by atoms with Gasteiger partial charge < -0.3 is 13.9 Å². The van der Waals surface area contributed by atoms with E-state index in [0.29, 0.717) is 0 Å². The molecule has 0 unspecified atom stereocenters. The molecule has 0 saturated carbocycles. The average molecular weight is 550 g/mol. The average Bonchev–Trinajstić information content (AvgIpc) is 3.53. The third kappa shape index (κ3) is 2.81. The SMILES string of the molecule is Cc1cc(C)c(-n2c3ccccc3c3c2ccc2c4cccc5c4n(c23)-c2cccc3c2B5c2ccccc2O3)c(C)c1. The smallest absolute Gasteiger partial charge is 0.256 e. The van der Waals surface area contributed by atoms with Gasteiger partial charge in [-0.3, -0.25) is 0 Å². The van der Waals surface area contributed by atoms with E-state index in [9.17, 15) is 0 Å². The van der Waals surface area contributed by atoms with Crippen LogP contribution in [0, 0.1) is 20.8 Å². The molecule has 202 valence electrons. The Hall–Kier alpha value is -5.22. The van der Waals surface area contributed by atoms with Gasteiger partial charge in [0.25, 0.3) is 6.71 Å². The van der Waals surface area contributed by atoms with Crippen LogP contribution in [0.4, 0.5) is 0 Å². The number of ether oxygens (including phenoxy) is 1. The van der Waals surface area contributed by atoms with Crippen LogP contribution in [0.1, 0.15) is 16.7 Å². The van der Waals surface area contributed by atoms with Gasteiger partial charge in [0.1, 0.15) is 11.5 Å². The van der Waals surface area contributed by atoms with Gasteiger partial charge in [0.15, 0.2) is 0 Å². The topological polar surface area (TPSA) is 19.1 Å². The summed E-state index contributed by atoms with van der Waals surface area (Å²) < 4.78 is 11.6. The van der Waals surface area contributed by atoms with E-state index in [0.717, 1.165) is 11.5 Å². The molecule has 0 saturated heterocycles. The van der Waals surface area contributed by atoms with Gasteiger partial charge in [-0.2, -0.15) is 0 Å². The molecule has 2 aromatic heterocycles. The van der Waals surface area contributed by atoms with Crippen molar-refractivity contribution in [2.75, 3.05) is 0 Å². The number of aromatic nitrogens is 2. The first-order valence-corrected chi connectivity index (χ1v) is 15.1. The molecule has 0 fully saturated rings. The number of hydrogen-bond acceptors (Lipinski definition) is 1. The van der Waals surface area contributed by atoms with E-state index in [1.165, 1.54) is 88.1 Å². The molecule has 8 aromatic rings. The maximum atomic E-state index is 6.56. The van der Waals surface area contributed by atoms with E-state index in [-0.39, 0.29) is 6.71 Å². The van der Waals surface area contributed by atoms with Crippen LogP contribution in [0.2, 0.25) is 0 Å². The van der Waals surface area contributed by atoms with Crippen LogP contribution in [0.5, 0.6) is 11.5 Å². The Morgan fingerprint density at radius 1 is 0.558 bits per heavy atom. The zero-order valence-corrected chi connectivity index (χ0v) is 24.3. The van der Waals surface area contributed by atoms with E-state index in [4.69, 9.17) is 4.74 Å². The molecule has 0 radical (unpaired) electrons. The first-order valence-electron chi connectivity index (χ1n) is 15.1. The summed E-state index contributed by atoms with van der Waals surface area (Å²) in [6.07, 6.45) is 0. The number of fused-ring (bicyclic) bond motifs is 11. The van der Waals surface area contributed by atoms with Crippen molar-refractivity contribution in [3.05, 3.63) is 126 Å². The summed E-state index contributed by atoms with van der Waals surface area (Å²) in [5, 5.41) is 5.16. The maximum Gasteiger partial charge on any atom is 0.256 e. The minimum atomic E-state index is 0.131. The van der Waals surface area contributed by atoms with Crippen LogP contribution in [0.15, 0.2) is 109 Å². The zero-order chi connectivity index (χ0) is 28.6. The Bertz CT molecular complexity index is 2510. The van der Waals surface area contributed by atoms with Crippen molar-refractivity contribution in [2.24, 2.45) is 0 Å². The normalized spacial score (nSPS) is 13.1. The molecule has 4 heterocycles. The summed E-state index contributed by atoms with van der Waals surface area (Å²) in [5.41, 5.74) is 15.2. The molecule has 0 spiro atoms. The van der Waals surface area contributed by atoms with E-state index in [1.807, 2.05) is 0 Å². The molecular formula is C39H27BN2O. The van der Waals surface area contributed by atoms with E-state index in [1.54, 1.807) is 0 Å². The third-order valence-corrected chi connectivity index (χ3v) is 9.81. The molecular weight excluding hydrogens is 523 g/mol. The third-order valence-electron chi connectivity index (χ3n) is 9.81. The summed E-state index contributed by atoms with van der Waals surface area (Å²) >= 11 is 0. The number of hydrogen-bond donors (Lipinski definition) is 0. The Morgan fingerprint density at radius 3 is 2.14 bits per heavy atom. The van der Waals surface area contributed by atoms with Crippen molar-refractivity contribution >= 4 is 66.7 Å². The van der Waals surface area contributed by atoms with Crippen LogP contribution < -0.4 is 21.1 Å². The summed E-state index contributed by atoms with van der Waals surface area (Å²) in [6.45, 7) is 6.80. The molecule has 10 rings (SSSR count). The zero-order valence-electron chi connectivity index (χ0n) is 24.3. The van der Waals surface area contributed by atoms with Gasteiger partial charge in [0, 0.05) is 32.7 Å². The minimum absolute atomic E-state index is 0.131. The maximum absolute atomic E-state index is 6.56. The molecule has 0 bridgehead atoms. The van der Waals surface area contributed by atoms with Crippen LogP contribution in [-0.2, 0) is 0 Å². The molecule has 0 aliphatic carbocycles. The Labute approximate surface area is 249 Å². The first kappa shape index (κ1) is 23.4. The number of benzene rings is 6. The standard InChI is InChI=1S/C39H27BN2O/c1-22-20-23(2)37(24(3)21-22)41-30-14-6-4-10-27(30)35-31(41)19-18-26-25-11-8-13-29-38(25)42(39(26)35)32-15-9-17-34-36(32)40(29)28-12-5-7-16-33(28)43-34/h4-21H,1-3H3. The molecule has 0 amide bonds. The highest BCUT2D eigenvalue weighted by Crippen LogP contribution is 2.44. The van der Waals surface area contributed by atoms with Crippen molar-refractivity contribution in [1.82, 2.24) is 9.13 Å². The molecule has 0 atom stereocenters. The highest BCUT2D eigenvalue weighted by Gasteiger charge is 2.40. The van der Waals surface area contributed by atoms with Gasteiger partial charge in [-0.1, -0.05) is 84.4 Å². The molecule has 2 aliphatic rings. The fourth-order valence-corrected chi connectivity index (χ4v) is 8.39. The number of nitrogens with zero attached hydrogens (tertiary/aromatic N) is 2. The van der Waals surface area contributed by atoms with Crippen molar-refractivity contribution < 1.29 is 4.74 Å². The molecule has 4 heteroatoms. The predicted molar refractivity (Wildman–Crippen MR) is 181 cm³/mol. The van der Waals surface area contributed by atoms with Crippen LogP contribution >= 0.6 is 0 Å². The van der Waals surface area contributed by atoms with Crippen LogP contribution in [0.3, 0.4) is 0 Å². The fourth-order valence-electron chi connectivity index (χ4n) is 8.39. The lowest BCUT2D eigenvalue weighted by atomic mass is 9.34. The van der Waals surface area contributed by atoms with Gasteiger partial charge in [-0.15, -0.1) is 0 Å². The van der Waals surface area contributed by atoms with E-state index >= 15 is 0 Å². The van der Waals surface area contributed by atoms with Crippen molar-refractivity contribution in [2.45, 2.75) is 20.8 Å². The highest BCUT2D eigenvalue weighted by molar-refractivity contribution is 6.99. The van der Waals surface area contributed by atoms with Crippen molar-refractivity contribution in [3.63, 3.8) is 0 Å². The van der Waals surface area contributed by atoms with Gasteiger partial charge >= 0.3 is 0 Å². The molecule has 6 aromatic carbocycles. The lowest BCUT2D eigenvalue weighted by molar-refractivity contribution is 0.487. The Balaban J connectivity index is 1.43. The summed E-state index contributed by atoms with van der Waals surface area (Å²) in [7, 11) is 0. The van der Waals surface area contributed by atoms with E-state index < -0.39 is 0 Å². The number of aryl methyl sites for hydroxylation is 3. The van der Waals surface area contributed by atoms with Gasteiger partial charge in [-0.05, 0) is 78.6 Å². The first-order chi connectivity index (χ1) is 21.1. The van der Waals surface area contributed by atoms with Crippen LogP contribution in [-0.4, -0.2) is 15.8 Å². The summed E-state index contributed by atoms with van der Waals surface area (Å²) in [6, 6.07) is 40.2. The van der Waals surface area contributed by atoms with Crippen molar-refractivity contribution in [1.29, 1.82) is 0 Å². The van der Waals surface area contributed by atoms with E-state index in [2.05, 4.69) is 139 Å². The highest BCUT2D eigenvalue weighted by atomic mass is 16.5. The quantitative estimate of drug-likeness (QED) is 0.191. The minimum Gasteiger partial charge on any atom is -0.458 e. The summed E-state index contributed by atoms with van der Waals surface area (Å²) in [4.78, 5) is 0. The van der Waals surface area contributed by atoms with Gasteiger partial charge in [0.05, 0.1) is 22.2 Å². The second-order valence-electron chi connectivity index (χ2n) is 12.3. The van der Waals surface area contributed by atoms with Gasteiger partial charge in [-0.25, -0.2) is 0 Å². The van der Waals surface area contributed by atoms with Gasteiger partial charge in [0.2, 0.25) is 0 Å². The monoisotopic (exact) mass is 550 g/mol. The van der Waals surface area contributed by atoms with Crippen molar-refractivity contribution in [3.8, 4) is 22.9 Å². The molecule has 3 nitrogen and oxygen atoms in total. The number of para-hydroxylation sites is 3. The molecule has 0 N–H and O–H groups in total. The number of rotatable bonds is 1. The molecule has 2 aliphatic heterocycles. The lowest BCUT2D eigenvalue weighted by Gasteiger charge is -2.33. The largest absolute Gasteiger partial charge is 0.458 e. The van der Waals surface area contributed by atoms with Crippen LogP contribution in [0.25, 0.3) is 55.0 Å². The second-order valence-corrected chi connectivity index (χ2v) is 12.3. The Kier molecular flexibility index (Phi) is 4.34. The second kappa shape index (κ2) is 7.99. The Morgan fingerprint density at radius 2 is 1.26 bits per heavy atom. The lowest BCUT2D eigenvalue weighted by Crippen LogP contribution is -2.58. The fraction of sp³-hybridized carbons (Fsp3) is 0.0769. The molecule has 43 heavy (non-hydrogen) atoms.